The lowest BCUT2D eigenvalue weighted by Crippen LogP contribution is -1.98. The van der Waals surface area contributed by atoms with E-state index in [0.717, 1.165) is 16.9 Å². The van der Waals surface area contributed by atoms with Crippen molar-refractivity contribution in [3.05, 3.63) is 158 Å². The summed E-state index contributed by atoms with van der Waals surface area (Å²) < 4.78 is 7.34. The summed E-state index contributed by atoms with van der Waals surface area (Å²) in [4.78, 5) is 4.54. The molecule has 0 aliphatic heterocycles. The maximum absolute atomic E-state index is 4.54. The van der Waals surface area contributed by atoms with Crippen molar-refractivity contribution in [2.45, 2.75) is 0 Å². The number of aromatic nitrogens is 4. The Balaban J connectivity index is 1.29. The first-order chi connectivity index (χ1) is 24.3. The topological polar surface area (TPSA) is 27.2 Å². The highest BCUT2D eigenvalue weighted by molar-refractivity contribution is 6.38. The van der Waals surface area contributed by atoms with Gasteiger partial charge in [0, 0.05) is 60.7 Å². The van der Waals surface area contributed by atoms with Crippen molar-refractivity contribution < 1.29 is 0 Å². The van der Waals surface area contributed by atoms with E-state index in [2.05, 4.69) is 164 Å². The van der Waals surface area contributed by atoms with Gasteiger partial charge in [-0.25, -0.2) is 0 Å². The number of pyridine rings is 1. The van der Waals surface area contributed by atoms with Crippen molar-refractivity contribution in [3.8, 4) is 11.4 Å². The van der Waals surface area contributed by atoms with Gasteiger partial charge in [0.2, 0.25) is 0 Å². The van der Waals surface area contributed by atoms with E-state index < -0.39 is 0 Å². The van der Waals surface area contributed by atoms with Crippen LogP contribution in [0.3, 0.4) is 0 Å². The lowest BCUT2D eigenvalue weighted by atomic mass is 9.99. The summed E-state index contributed by atoms with van der Waals surface area (Å²) in [5.41, 5.74) is 10.7. The van der Waals surface area contributed by atoms with E-state index in [4.69, 9.17) is 0 Å². The van der Waals surface area contributed by atoms with Gasteiger partial charge in [0.15, 0.2) is 0 Å². The Morgan fingerprint density at radius 1 is 0.367 bits per heavy atom. The summed E-state index contributed by atoms with van der Waals surface area (Å²) in [6.07, 6.45) is 3.87. The highest BCUT2D eigenvalue weighted by atomic mass is 15.0. The van der Waals surface area contributed by atoms with Gasteiger partial charge in [-0.2, -0.15) is 0 Å². The Kier molecular flexibility index (Phi) is 4.69. The number of para-hydroxylation sites is 3. The van der Waals surface area contributed by atoms with Crippen LogP contribution in [0.1, 0.15) is 0 Å². The molecule has 226 valence electrons. The van der Waals surface area contributed by atoms with Crippen molar-refractivity contribution in [1.29, 1.82) is 0 Å². The minimum absolute atomic E-state index is 1.10. The van der Waals surface area contributed by atoms with Gasteiger partial charge >= 0.3 is 0 Å². The van der Waals surface area contributed by atoms with Crippen LogP contribution < -0.4 is 0 Å². The molecule has 0 radical (unpaired) electrons. The Hall–Kier alpha value is -6.65. The van der Waals surface area contributed by atoms with E-state index in [1.165, 1.54) is 87.0 Å². The number of rotatable bonds is 2. The van der Waals surface area contributed by atoms with Gasteiger partial charge < -0.3 is 13.5 Å². The smallest absolute Gasteiger partial charge is 0.0724 e. The lowest BCUT2D eigenvalue weighted by Gasteiger charge is -2.13. The molecule has 0 aliphatic rings. The van der Waals surface area contributed by atoms with Crippen LogP contribution in [0.25, 0.3) is 104 Å². The number of nitrogens with zero attached hydrogens (tertiary/aromatic N) is 4. The van der Waals surface area contributed by atoms with E-state index in [0.29, 0.717) is 0 Å². The molecule has 5 aromatic heterocycles. The Labute approximate surface area is 279 Å². The largest absolute Gasteiger partial charge is 0.309 e. The molecular weight excluding hydrogens is 597 g/mol. The van der Waals surface area contributed by atoms with E-state index >= 15 is 0 Å². The first-order valence-corrected chi connectivity index (χ1v) is 16.8. The zero-order valence-corrected chi connectivity index (χ0v) is 26.3. The van der Waals surface area contributed by atoms with Crippen molar-refractivity contribution in [2.75, 3.05) is 0 Å². The zero-order valence-electron chi connectivity index (χ0n) is 26.3. The van der Waals surface area contributed by atoms with Crippen LogP contribution in [0.2, 0.25) is 0 Å². The van der Waals surface area contributed by atoms with Gasteiger partial charge in [0.25, 0.3) is 0 Å². The number of fused-ring (bicyclic) bond motifs is 15. The van der Waals surface area contributed by atoms with Crippen molar-refractivity contribution in [1.82, 2.24) is 18.5 Å². The van der Waals surface area contributed by atoms with Crippen molar-refractivity contribution in [3.63, 3.8) is 0 Å². The van der Waals surface area contributed by atoms with E-state index in [1.54, 1.807) is 0 Å². The van der Waals surface area contributed by atoms with Crippen LogP contribution >= 0.6 is 0 Å². The number of hydrogen-bond acceptors (Lipinski definition) is 1. The van der Waals surface area contributed by atoms with Gasteiger partial charge in [-0.3, -0.25) is 4.98 Å². The van der Waals surface area contributed by atoms with Crippen molar-refractivity contribution >= 4 is 92.5 Å². The quantitative estimate of drug-likeness (QED) is 0.188. The first kappa shape index (κ1) is 25.4. The maximum atomic E-state index is 4.54. The molecular formula is C45H26N4. The summed E-state index contributed by atoms with van der Waals surface area (Å²) in [6, 6.07) is 53.4. The highest BCUT2D eigenvalue weighted by Gasteiger charge is 2.25. The van der Waals surface area contributed by atoms with Gasteiger partial charge in [-0.1, -0.05) is 91.0 Å². The van der Waals surface area contributed by atoms with Crippen LogP contribution in [0.4, 0.5) is 0 Å². The third kappa shape index (κ3) is 3.12. The molecule has 12 aromatic rings. The highest BCUT2D eigenvalue weighted by Crippen LogP contribution is 2.48. The molecule has 0 aliphatic carbocycles. The van der Waals surface area contributed by atoms with Crippen LogP contribution in [-0.4, -0.2) is 18.5 Å². The standard InChI is InChI=1S/C45H26N4/c1-2-13-30-27(10-1)20-21-39-42(30)44-40(25-35-32-15-4-7-18-37(32)49-38-19-8-5-16-34(38)43(44)45(35)49)48(39)29-12-9-11-28(24-29)47-36-17-6-3-14-31(36)33-22-23-46-26-41(33)47/h1-26H. The monoisotopic (exact) mass is 622 g/mol. The average molecular weight is 623 g/mol. The second kappa shape index (κ2) is 9.03. The summed E-state index contributed by atoms with van der Waals surface area (Å²) in [6.45, 7) is 0. The molecule has 0 unspecified atom stereocenters. The third-order valence-electron chi connectivity index (χ3n) is 10.8. The summed E-state index contributed by atoms with van der Waals surface area (Å²) in [7, 11) is 0. The third-order valence-corrected chi connectivity index (χ3v) is 10.8. The molecule has 12 rings (SSSR count). The van der Waals surface area contributed by atoms with E-state index in [-0.39, 0.29) is 0 Å². The minimum atomic E-state index is 1.10. The zero-order chi connectivity index (χ0) is 31.8. The Morgan fingerprint density at radius 2 is 1.00 bits per heavy atom. The molecule has 0 amide bonds. The predicted octanol–water partition coefficient (Wildman–Crippen LogP) is 11.6. The molecule has 5 heterocycles. The summed E-state index contributed by atoms with van der Waals surface area (Å²) >= 11 is 0. The van der Waals surface area contributed by atoms with Crippen LogP contribution in [0.5, 0.6) is 0 Å². The lowest BCUT2D eigenvalue weighted by molar-refractivity contribution is 1.13. The van der Waals surface area contributed by atoms with Crippen LogP contribution in [0.15, 0.2) is 158 Å². The van der Waals surface area contributed by atoms with Gasteiger partial charge in [0.1, 0.15) is 0 Å². The first-order valence-electron chi connectivity index (χ1n) is 16.8. The SMILES string of the molecule is c1cc(-n2c3ccccc3c3ccncc32)cc(-n2c3ccc4ccccc4c3c3c4c5ccccc5n5c6ccccc6c(cc32)c45)c1. The maximum Gasteiger partial charge on any atom is 0.0724 e. The van der Waals surface area contributed by atoms with Crippen LogP contribution in [0, 0.1) is 0 Å². The fraction of sp³-hybridized carbons (Fsp3) is 0. The molecule has 0 saturated heterocycles. The summed E-state index contributed by atoms with van der Waals surface area (Å²) in [5, 5.41) is 12.7. The normalized spacial score (nSPS) is 12.5. The minimum Gasteiger partial charge on any atom is -0.309 e. The fourth-order valence-electron chi connectivity index (χ4n) is 8.92. The molecule has 0 N–H and O–H groups in total. The molecule has 0 bridgehead atoms. The average Bonchev–Trinajstić information content (AvgIpc) is 3.88. The molecule has 0 fully saturated rings. The Bertz CT molecular complexity index is 3280. The van der Waals surface area contributed by atoms with Crippen LogP contribution in [-0.2, 0) is 0 Å². The molecule has 7 aromatic carbocycles. The summed E-state index contributed by atoms with van der Waals surface area (Å²) in [5.74, 6) is 0. The molecule has 4 heteroatoms. The fourth-order valence-corrected chi connectivity index (χ4v) is 8.92. The second-order valence-electron chi connectivity index (χ2n) is 13.2. The molecule has 49 heavy (non-hydrogen) atoms. The van der Waals surface area contributed by atoms with Gasteiger partial charge in [-0.05, 0) is 65.4 Å². The van der Waals surface area contributed by atoms with E-state index in [1.807, 2.05) is 12.4 Å². The van der Waals surface area contributed by atoms with Gasteiger partial charge in [-0.15, -0.1) is 0 Å². The van der Waals surface area contributed by atoms with Crippen molar-refractivity contribution in [2.24, 2.45) is 0 Å². The van der Waals surface area contributed by atoms with Gasteiger partial charge in [0.05, 0.1) is 44.8 Å². The molecule has 4 nitrogen and oxygen atoms in total. The number of benzene rings is 7. The Morgan fingerprint density at radius 3 is 1.82 bits per heavy atom. The molecule has 0 atom stereocenters. The molecule has 0 spiro atoms. The number of hydrogen-bond donors (Lipinski definition) is 0. The molecule has 0 saturated carbocycles. The van der Waals surface area contributed by atoms with E-state index in [9.17, 15) is 0 Å². The predicted molar refractivity (Wildman–Crippen MR) is 205 cm³/mol. The second-order valence-corrected chi connectivity index (χ2v) is 13.2.